The van der Waals surface area contributed by atoms with Gasteiger partial charge in [-0.2, -0.15) is 0 Å². The van der Waals surface area contributed by atoms with Gasteiger partial charge in [-0.1, -0.05) is 0 Å². The number of aliphatic carboxylic acids is 1. The molecule has 0 amide bonds. The number of nitro groups is 1. The first-order valence-electron chi connectivity index (χ1n) is 4.49. The maximum atomic E-state index is 10.7. The number of nitrogens with zero attached hydrogens (tertiary/aromatic N) is 1. The van der Waals surface area contributed by atoms with E-state index in [1.807, 2.05) is 0 Å². The van der Waals surface area contributed by atoms with Crippen molar-refractivity contribution in [1.82, 2.24) is 0 Å². The van der Waals surface area contributed by atoms with Crippen molar-refractivity contribution >= 4 is 17.3 Å². The second kappa shape index (κ2) is 3.69. The number of nitrogens with one attached hydrogen (secondary N) is 1. The summed E-state index contributed by atoms with van der Waals surface area (Å²) in [7, 11) is 0. The molecule has 1 aliphatic rings. The Morgan fingerprint density at radius 1 is 1.62 bits per heavy atom. The molecule has 16 heavy (non-hydrogen) atoms. The molecule has 0 spiro atoms. The molecular weight excluding hydrogens is 216 g/mol. The van der Waals surface area contributed by atoms with Crippen LogP contribution in [0.3, 0.4) is 0 Å². The third-order valence-corrected chi connectivity index (χ3v) is 2.20. The van der Waals surface area contributed by atoms with E-state index in [0.717, 1.165) is 0 Å². The van der Waals surface area contributed by atoms with Gasteiger partial charge >= 0.3 is 5.97 Å². The molecule has 1 aromatic rings. The molecule has 1 aliphatic heterocycles. The Morgan fingerprint density at radius 2 is 2.38 bits per heavy atom. The fourth-order valence-electron chi connectivity index (χ4n) is 1.40. The number of hydrogen-bond donors (Lipinski definition) is 2. The SMILES string of the molecule is O=C(O)C1CNc2ccc([N+](=O)[O-])cc2O1. The second-order valence-electron chi connectivity index (χ2n) is 3.26. The minimum absolute atomic E-state index is 0.133. The minimum Gasteiger partial charge on any atom is -0.478 e. The predicted molar refractivity (Wildman–Crippen MR) is 53.6 cm³/mol. The van der Waals surface area contributed by atoms with E-state index in [2.05, 4.69) is 5.32 Å². The molecule has 0 saturated heterocycles. The smallest absolute Gasteiger partial charge is 0.346 e. The molecule has 0 aromatic heterocycles. The van der Waals surface area contributed by atoms with Crippen molar-refractivity contribution in [3.63, 3.8) is 0 Å². The fraction of sp³-hybridized carbons (Fsp3) is 0.222. The zero-order valence-electron chi connectivity index (χ0n) is 8.04. The number of carboxylic acid groups (broad SMARTS) is 1. The Kier molecular flexibility index (Phi) is 2.35. The highest BCUT2D eigenvalue weighted by molar-refractivity contribution is 5.76. The average molecular weight is 224 g/mol. The van der Waals surface area contributed by atoms with E-state index in [9.17, 15) is 14.9 Å². The summed E-state index contributed by atoms with van der Waals surface area (Å²) in [6, 6.07) is 4.03. The Hall–Kier alpha value is -2.31. The number of anilines is 1. The van der Waals surface area contributed by atoms with Crippen LogP contribution in [0.4, 0.5) is 11.4 Å². The lowest BCUT2D eigenvalue weighted by Gasteiger charge is -2.24. The van der Waals surface area contributed by atoms with E-state index < -0.39 is 17.0 Å². The van der Waals surface area contributed by atoms with Crippen LogP contribution >= 0.6 is 0 Å². The van der Waals surface area contributed by atoms with Crippen LogP contribution in [0.1, 0.15) is 0 Å². The first-order chi connectivity index (χ1) is 7.58. The molecule has 0 aliphatic carbocycles. The topological polar surface area (TPSA) is 102 Å². The van der Waals surface area contributed by atoms with Crippen LogP contribution in [0.5, 0.6) is 5.75 Å². The van der Waals surface area contributed by atoms with Crippen LogP contribution in [-0.4, -0.2) is 28.6 Å². The molecule has 7 heteroatoms. The third-order valence-electron chi connectivity index (χ3n) is 2.20. The summed E-state index contributed by atoms with van der Waals surface area (Å²) < 4.78 is 5.12. The summed E-state index contributed by atoms with van der Waals surface area (Å²) in [5, 5.41) is 22.1. The number of hydrogen-bond acceptors (Lipinski definition) is 5. The molecule has 1 aromatic carbocycles. The van der Waals surface area contributed by atoms with Crippen LogP contribution in [0, 0.1) is 10.1 Å². The van der Waals surface area contributed by atoms with Crippen molar-refractivity contribution in [3.8, 4) is 5.75 Å². The number of carbonyl (C=O) groups is 1. The van der Waals surface area contributed by atoms with E-state index >= 15 is 0 Å². The van der Waals surface area contributed by atoms with Gasteiger partial charge in [-0.3, -0.25) is 10.1 Å². The molecular formula is C9H8N2O5. The lowest BCUT2D eigenvalue weighted by molar-refractivity contribution is -0.384. The van der Waals surface area contributed by atoms with Crippen LogP contribution in [0.25, 0.3) is 0 Å². The van der Waals surface area contributed by atoms with Gasteiger partial charge in [-0.25, -0.2) is 4.79 Å². The standard InChI is InChI=1S/C9H8N2O5/c12-9(13)8-4-10-6-2-1-5(11(14)15)3-7(6)16-8/h1-3,8,10H,4H2,(H,12,13). The van der Waals surface area contributed by atoms with Crippen molar-refractivity contribution in [2.24, 2.45) is 0 Å². The molecule has 1 unspecified atom stereocenters. The number of benzene rings is 1. The zero-order chi connectivity index (χ0) is 11.7. The summed E-state index contributed by atoms with van der Waals surface area (Å²) in [4.78, 5) is 20.6. The van der Waals surface area contributed by atoms with Crippen molar-refractivity contribution < 1.29 is 19.6 Å². The van der Waals surface area contributed by atoms with Gasteiger partial charge in [0.15, 0.2) is 5.75 Å². The fourth-order valence-corrected chi connectivity index (χ4v) is 1.40. The van der Waals surface area contributed by atoms with Gasteiger partial charge in [0.1, 0.15) is 0 Å². The van der Waals surface area contributed by atoms with Crippen molar-refractivity contribution in [2.75, 3.05) is 11.9 Å². The summed E-state index contributed by atoms with van der Waals surface area (Å²) in [5.74, 6) is -0.919. The molecule has 2 rings (SSSR count). The first-order valence-corrected chi connectivity index (χ1v) is 4.49. The molecule has 0 bridgehead atoms. The predicted octanol–water partition coefficient (Wildman–Crippen LogP) is 0.852. The number of ether oxygens (including phenoxy) is 1. The average Bonchev–Trinajstić information content (AvgIpc) is 2.27. The van der Waals surface area contributed by atoms with E-state index in [1.54, 1.807) is 0 Å². The largest absolute Gasteiger partial charge is 0.478 e. The van der Waals surface area contributed by atoms with Gasteiger partial charge in [-0.05, 0) is 6.07 Å². The highest BCUT2D eigenvalue weighted by Gasteiger charge is 2.26. The lowest BCUT2D eigenvalue weighted by atomic mass is 10.2. The number of fused-ring (bicyclic) bond motifs is 1. The van der Waals surface area contributed by atoms with E-state index in [-0.39, 0.29) is 18.0 Å². The molecule has 84 valence electrons. The normalized spacial score (nSPS) is 17.9. The lowest BCUT2D eigenvalue weighted by Crippen LogP contribution is -2.37. The molecule has 0 fully saturated rings. The second-order valence-corrected chi connectivity index (χ2v) is 3.26. The van der Waals surface area contributed by atoms with E-state index in [0.29, 0.717) is 5.69 Å². The number of carboxylic acids is 1. The van der Waals surface area contributed by atoms with Crippen LogP contribution in [-0.2, 0) is 4.79 Å². The van der Waals surface area contributed by atoms with Gasteiger partial charge in [0.25, 0.3) is 5.69 Å². The number of non-ortho nitro benzene ring substituents is 1. The van der Waals surface area contributed by atoms with Gasteiger partial charge in [-0.15, -0.1) is 0 Å². The Bertz CT molecular complexity index is 459. The molecule has 0 saturated carbocycles. The monoisotopic (exact) mass is 224 g/mol. The van der Waals surface area contributed by atoms with E-state index in [4.69, 9.17) is 9.84 Å². The molecule has 1 atom stereocenters. The zero-order valence-corrected chi connectivity index (χ0v) is 8.04. The molecule has 1 heterocycles. The van der Waals surface area contributed by atoms with Gasteiger partial charge in [0.2, 0.25) is 6.10 Å². The van der Waals surface area contributed by atoms with Crippen LogP contribution < -0.4 is 10.1 Å². The summed E-state index contributed by atoms with van der Waals surface area (Å²) >= 11 is 0. The molecule has 2 N–H and O–H groups in total. The van der Waals surface area contributed by atoms with Crippen molar-refractivity contribution in [2.45, 2.75) is 6.10 Å². The Morgan fingerprint density at radius 3 is 3.00 bits per heavy atom. The van der Waals surface area contributed by atoms with Gasteiger partial charge in [0, 0.05) is 6.07 Å². The summed E-state index contributed by atoms with van der Waals surface area (Å²) in [6.07, 6.45) is -1.02. The Labute approximate surface area is 89.8 Å². The molecule has 0 radical (unpaired) electrons. The Balaban J connectivity index is 2.32. The maximum absolute atomic E-state index is 10.7. The van der Waals surface area contributed by atoms with Crippen molar-refractivity contribution in [3.05, 3.63) is 28.3 Å². The quantitative estimate of drug-likeness (QED) is 0.570. The minimum atomic E-state index is -1.11. The van der Waals surface area contributed by atoms with E-state index in [1.165, 1.54) is 18.2 Å². The summed E-state index contributed by atoms with van der Waals surface area (Å²) in [6.45, 7) is 0.139. The summed E-state index contributed by atoms with van der Waals surface area (Å²) in [5.41, 5.74) is 0.426. The van der Waals surface area contributed by atoms with Crippen LogP contribution in [0.2, 0.25) is 0 Å². The number of rotatable bonds is 2. The highest BCUT2D eigenvalue weighted by Crippen LogP contribution is 2.32. The number of nitro benzene ring substituents is 1. The van der Waals surface area contributed by atoms with Gasteiger partial charge < -0.3 is 15.2 Å². The first kappa shape index (κ1) is 10.2. The van der Waals surface area contributed by atoms with Gasteiger partial charge in [0.05, 0.1) is 23.2 Å². The third kappa shape index (κ3) is 1.74. The maximum Gasteiger partial charge on any atom is 0.346 e. The van der Waals surface area contributed by atoms with Crippen molar-refractivity contribution in [1.29, 1.82) is 0 Å². The molecule has 7 nitrogen and oxygen atoms in total. The highest BCUT2D eigenvalue weighted by atomic mass is 16.6. The van der Waals surface area contributed by atoms with Crippen LogP contribution in [0.15, 0.2) is 18.2 Å².